The second-order valence-corrected chi connectivity index (χ2v) is 4.31. The molecular formula is C15H15N3O. The molecule has 1 N–H and O–H groups in total. The zero-order valence-electron chi connectivity index (χ0n) is 10.9. The van der Waals surface area contributed by atoms with E-state index in [1.807, 2.05) is 42.3 Å². The number of aromatic nitrogens is 1. The molecule has 4 nitrogen and oxygen atoms in total. The highest BCUT2D eigenvalue weighted by Crippen LogP contribution is 2.25. The van der Waals surface area contributed by atoms with Crippen LogP contribution in [0.4, 0.5) is 11.5 Å². The number of nitrogens with zero attached hydrogens (tertiary/aromatic N) is 3. The van der Waals surface area contributed by atoms with Gasteiger partial charge in [-0.25, -0.2) is 4.98 Å². The van der Waals surface area contributed by atoms with E-state index >= 15 is 0 Å². The van der Waals surface area contributed by atoms with E-state index in [0.717, 1.165) is 17.1 Å². The summed E-state index contributed by atoms with van der Waals surface area (Å²) in [6, 6.07) is 13.2. The maximum atomic E-state index is 9.46. The number of nitriles is 1. The summed E-state index contributed by atoms with van der Waals surface area (Å²) < 4.78 is 0. The molecule has 0 aliphatic rings. The second-order valence-electron chi connectivity index (χ2n) is 4.31. The first-order valence-corrected chi connectivity index (χ1v) is 6.00. The molecule has 96 valence electrons. The Kier molecular flexibility index (Phi) is 3.79. The van der Waals surface area contributed by atoms with Crippen molar-refractivity contribution in [2.45, 2.75) is 13.0 Å². The molecule has 0 amide bonds. The molecule has 0 aliphatic carbocycles. The van der Waals surface area contributed by atoms with Gasteiger partial charge in [-0.05, 0) is 30.7 Å². The van der Waals surface area contributed by atoms with Gasteiger partial charge in [-0.2, -0.15) is 5.26 Å². The lowest BCUT2D eigenvalue weighted by molar-refractivity contribution is 0.199. The highest BCUT2D eigenvalue weighted by Gasteiger charge is 2.10. The third kappa shape index (κ3) is 2.72. The Morgan fingerprint density at radius 2 is 2.00 bits per heavy atom. The number of para-hydroxylation sites is 1. The minimum Gasteiger partial charge on any atom is -0.389 e. The van der Waals surface area contributed by atoms with Crippen LogP contribution in [0.2, 0.25) is 0 Å². The molecule has 2 aromatic rings. The van der Waals surface area contributed by atoms with Crippen molar-refractivity contribution in [1.29, 1.82) is 5.26 Å². The number of hydrogen-bond acceptors (Lipinski definition) is 4. The number of benzene rings is 1. The van der Waals surface area contributed by atoms with Gasteiger partial charge < -0.3 is 10.0 Å². The number of aliphatic hydroxyl groups is 1. The first-order valence-electron chi connectivity index (χ1n) is 6.00. The van der Waals surface area contributed by atoms with E-state index in [-0.39, 0.29) is 0 Å². The second kappa shape index (κ2) is 5.51. The van der Waals surface area contributed by atoms with E-state index in [1.165, 1.54) is 0 Å². The summed E-state index contributed by atoms with van der Waals surface area (Å²) in [6.07, 6.45) is 1.11. The number of hydrogen-bond donors (Lipinski definition) is 1. The molecule has 0 radical (unpaired) electrons. The van der Waals surface area contributed by atoms with Gasteiger partial charge in [0.2, 0.25) is 0 Å². The van der Waals surface area contributed by atoms with Gasteiger partial charge in [-0.1, -0.05) is 18.2 Å². The van der Waals surface area contributed by atoms with Gasteiger partial charge >= 0.3 is 0 Å². The average molecular weight is 253 g/mol. The minimum atomic E-state index is -0.529. The maximum Gasteiger partial charge on any atom is 0.132 e. The molecule has 0 aliphatic heterocycles. The van der Waals surface area contributed by atoms with Crippen LogP contribution in [-0.4, -0.2) is 17.1 Å². The van der Waals surface area contributed by atoms with Gasteiger partial charge in [0.1, 0.15) is 11.9 Å². The van der Waals surface area contributed by atoms with Crippen LogP contribution in [0.15, 0.2) is 42.6 Å². The fraction of sp³-hybridized carbons (Fsp3) is 0.200. The Bertz CT molecular complexity index is 600. The molecule has 0 saturated carbocycles. The smallest absolute Gasteiger partial charge is 0.132 e. The molecule has 1 atom stereocenters. The number of anilines is 2. The van der Waals surface area contributed by atoms with Crippen molar-refractivity contribution in [3.63, 3.8) is 0 Å². The standard InChI is InChI=1S/C15H15N3O/c1-11(19)13-7-8-15(17-10-13)18(2)14-6-4-3-5-12(14)9-16/h3-8,10-11,19H,1-2H3/t11-/m0/s1. The van der Waals surface area contributed by atoms with E-state index in [0.29, 0.717) is 5.56 Å². The SMILES string of the molecule is C[C@H](O)c1ccc(N(C)c2ccccc2C#N)nc1. The molecule has 0 bridgehead atoms. The van der Waals surface area contributed by atoms with Crippen molar-refractivity contribution in [3.05, 3.63) is 53.7 Å². The fourth-order valence-electron chi connectivity index (χ4n) is 1.83. The Balaban J connectivity index is 2.34. The topological polar surface area (TPSA) is 60.1 Å². The Hall–Kier alpha value is -2.38. The van der Waals surface area contributed by atoms with E-state index in [9.17, 15) is 5.11 Å². The highest BCUT2D eigenvalue weighted by molar-refractivity contribution is 5.66. The van der Waals surface area contributed by atoms with Gasteiger partial charge in [0, 0.05) is 13.2 Å². The highest BCUT2D eigenvalue weighted by atomic mass is 16.3. The van der Waals surface area contributed by atoms with Crippen molar-refractivity contribution < 1.29 is 5.11 Å². The average Bonchev–Trinajstić information content (AvgIpc) is 2.46. The molecule has 0 saturated heterocycles. The lowest BCUT2D eigenvalue weighted by atomic mass is 10.1. The van der Waals surface area contributed by atoms with Crippen molar-refractivity contribution in [3.8, 4) is 6.07 Å². The molecule has 1 aromatic heterocycles. The van der Waals surface area contributed by atoms with Crippen LogP contribution in [0, 0.1) is 11.3 Å². The van der Waals surface area contributed by atoms with Crippen LogP contribution in [0.5, 0.6) is 0 Å². The Morgan fingerprint density at radius 1 is 1.26 bits per heavy atom. The number of pyridine rings is 1. The quantitative estimate of drug-likeness (QED) is 0.913. The summed E-state index contributed by atoms with van der Waals surface area (Å²) in [4.78, 5) is 6.16. The van der Waals surface area contributed by atoms with Crippen LogP contribution < -0.4 is 4.90 Å². The molecule has 1 heterocycles. The molecule has 4 heteroatoms. The van der Waals surface area contributed by atoms with Crippen LogP contribution >= 0.6 is 0 Å². The summed E-state index contributed by atoms with van der Waals surface area (Å²) in [6.45, 7) is 1.70. The summed E-state index contributed by atoms with van der Waals surface area (Å²) in [5.41, 5.74) is 2.18. The van der Waals surface area contributed by atoms with Crippen LogP contribution in [0.1, 0.15) is 24.2 Å². The van der Waals surface area contributed by atoms with Crippen LogP contribution in [0.25, 0.3) is 0 Å². The third-order valence-corrected chi connectivity index (χ3v) is 2.98. The molecule has 1 aromatic carbocycles. The van der Waals surface area contributed by atoms with Gasteiger partial charge in [-0.15, -0.1) is 0 Å². The maximum absolute atomic E-state index is 9.46. The largest absolute Gasteiger partial charge is 0.389 e. The molecule has 2 rings (SSSR count). The molecule has 0 unspecified atom stereocenters. The van der Waals surface area contributed by atoms with Gasteiger partial charge in [0.05, 0.1) is 17.4 Å². The first-order chi connectivity index (χ1) is 9.13. The monoisotopic (exact) mass is 253 g/mol. The predicted octanol–water partition coefficient (Wildman–Crippen LogP) is 2.77. The lowest BCUT2D eigenvalue weighted by Gasteiger charge is -2.19. The van der Waals surface area contributed by atoms with Crippen molar-refractivity contribution in [2.24, 2.45) is 0 Å². The van der Waals surface area contributed by atoms with Crippen molar-refractivity contribution in [2.75, 3.05) is 11.9 Å². The number of rotatable bonds is 3. The zero-order chi connectivity index (χ0) is 13.8. The van der Waals surface area contributed by atoms with E-state index in [2.05, 4.69) is 11.1 Å². The predicted molar refractivity (Wildman–Crippen MR) is 74.1 cm³/mol. The van der Waals surface area contributed by atoms with Crippen LogP contribution in [0.3, 0.4) is 0 Å². The molecular weight excluding hydrogens is 238 g/mol. The molecule has 0 spiro atoms. The minimum absolute atomic E-state index is 0.529. The lowest BCUT2D eigenvalue weighted by Crippen LogP contribution is -2.12. The van der Waals surface area contributed by atoms with E-state index < -0.39 is 6.10 Å². The van der Waals surface area contributed by atoms with Gasteiger partial charge in [0.25, 0.3) is 0 Å². The zero-order valence-corrected chi connectivity index (χ0v) is 10.9. The van der Waals surface area contributed by atoms with Crippen molar-refractivity contribution >= 4 is 11.5 Å². The third-order valence-electron chi connectivity index (χ3n) is 2.98. The van der Waals surface area contributed by atoms with Gasteiger partial charge in [-0.3, -0.25) is 0 Å². The molecule has 0 fully saturated rings. The van der Waals surface area contributed by atoms with Crippen LogP contribution in [-0.2, 0) is 0 Å². The summed E-state index contributed by atoms with van der Waals surface area (Å²) >= 11 is 0. The summed E-state index contributed by atoms with van der Waals surface area (Å²) in [5, 5.41) is 18.6. The van der Waals surface area contributed by atoms with Crippen molar-refractivity contribution in [1.82, 2.24) is 4.98 Å². The molecule has 19 heavy (non-hydrogen) atoms. The van der Waals surface area contributed by atoms with E-state index in [4.69, 9.17) is 5.26 Å². The number of aliphatic hydroxyl groups excluding tert-OH is 1. The van der Waals surface area contributed by atoms with E-state index in [1.54, 1.807) is 19.2 Å². The Morgan fingerprint density at radius 3 is 2.58 bits per heavy atom. The fourth-order valence-corrected chi connectivity index (χ4v) is 1.83. The first kappa shape index (κ1) is 13.1. The van der Waals surface area contributed by atoms with Gasteiger partial charge in [0.15, 0.2) is 0 Å². The Labute approximate surface area is 112 Å². The summed E-state index contributed by atoms with van der Waals surface area (Å²) in [7, 11) is 1.86. The summed E-state index contributed by atoms with van der Waals surface area (Å²) in [5.74, 6) is 0.729. The normalized spacial score (nSPS) is 11.7.